The van der Waals surface area contributed by atoms with E-state index in [0.717, 1.165) is 24.8 Å². The van der Waals surface area contributed by atoms with Gasteiger partial charge < -0.3 is 44.8 Å². The van der Waals surface area contributed by atoms with Crippen molar-refractivity contribution in [2.75, 3.05) is 19.8 Å². The Labute approximate surface area is 211 Å². The largest absolute Gasteiger partial charge is 0.459 e. The van der Waals surface area contributed by atoms with Gasteiger partial charge in [-0.05, 0) is 49.4 Å². The van der Waals surface area contributed by atoms with Crippen LogP contribution in [0, 0.1) is 22.7 Å². The van der Waals surface area contributed by atoms with Crippen LogP contribution in [0.1, 0.15) is 46.0 Å². The lowest BCUT2D eigenvalue weighted by Gasteiger charge is -2.60. The molecule has 11 atom stereocenters. The summed E-state index contributed by atoms with van der Waals surface area (Å²) in [5.74, 6) is -0.473. The first-order chi connectivity index (χ1) is 16.9. The van der Waals surface area contributed by atoms with Crippen molar-refractivity contribution in [2.24, 2.45) is 22.7 Å². The second-order valence-electron chi connectivity index (χ2n) is 11.4. The number of allylic oxidation sites excluding steroid dienone is 2. The third-order valence-corrected chi connectivity index (χ3v) is 9.30. The van der Waals surface area contributed by atoms with Gasteiger partial charge in [0.2, 0.25) is 0 Å². The molecule has 10 heteroatoms. The predicted octanol–water partition coefficient (Wildman–Crippen LogP) is -0.213. The summed E-state index contributed by atoms with van der Waals surface area (Å²) in [6, 6.07) is 0. The topological polar surface area (TPSA) is 166 Å². The molecule has 4 fully saturated rings. The van der Waals surface area contributed by atoms with Crippen molar-refractivity contribution in [2.45, 2.75) is 88.9 Å². The normalized spacial score (nSPS) is 48.7. The standard InChI is InChI=1S/C26H40O10/c1-13-4-7-18-25(2,15(13)6-5-14-16(28)11-34-23(14)33)9-8-19(29)26(18,3)12-35-24-22(32)21(31)20(30)17(10-27)36-24/h5,15-22,24,27-32H,1,4,6-12H2,2-3H3/b14-5-/t15-,16-,17-,18+,19-,20-,21+,22-,24-,25+,26+/m1/s1. The van der Waals surface area contributed by atoms with Gasteiger partial charge in [0.15, 0.2) is 6.29 Å². The zero-order valence-electron chi connectivity index (χ0n) is 21.0. The number of hydrogen-bond donors (Lipinski definition) is 6. The maximum atomic E-state index is 12.0. The summed E-state index contributed by atoms with van der Waals surface area (Å²) in [5, 5.41) is 61.3. The van der Waals surface area contributed by atoms with Crippen LogP contribution in [0.2, 0.25) is 0 Å². The number of ether oxygens (including phenoxy) is 3. The van der Waals surface area contributed by atoms with Gasteiger partial charge in [0.1, 0.15) is 37.1 Å². The number of carbonyl (C=O) groups is 1. The maximum absolute atomic E-state index is 12.0. The first-order valence-corrected chi connectivity index (χ1v) is 12.8. The molecule has 36 heavy (non-hydrogen) atoms. The third-order valence-electron chi connectivity index (χ3n) is 9.30. The number of rotatable bonds is 6. The van der Waals surface area contributed by atoms with Crippen LogP contribution in [-0.2, 0) is 19.0 Å². The first-order valence-electron chi connectivity index (χ1n) is 12.8. The molecule has 2 aliphatic heterocycles. The Morgan fingerprint density at radius 2 is 1.83 bits per heavy atom. The summed E-state index contributed by atoms with van der Waals surface area (Å²) in [6.45, 7) is 7.89. The molecule has 2 aliphatic carbocycles. The minimum Gasteiger partial charge on any atom is -0.459 e. The van der Waals surface area contributed by atoms with Gasteiger partial charge in [-0.1, -0.05) is 32.1 Å². The van der Waals surface area contributed by atoms with Gasteiger partial charge >= 0.3 is 5.97 Å². The highest BCUT2D eigenvalue weighted by Crippen LogP contribution is 2.62. The Balaban J connectivity index is 1.54. The lowest BCUT2D eigenvalue weighted by molar-refractivity contribution is -0.313. The van der Waals surface area contributed by atoms with Crippen LogP contribution in [0.4, 0.5) is 0 Å². The number of fused-ring (bicyclic) bond motifs is 1. The van der Waals surface area contributed by atoms with Crippen molar-refractivity contribution in [3.05, 3.63) is 23.8 Å². The van der Waals surface area contributed by atoms with Crippen molar-refractivity contribution < 1.29 is 49.6 Å². The van der Waals surface area contributed by atoms with Crippen molar-refractivity contribution in [3.63, 3.8) is 0 Å². The fourth-order valence-corrected chi connectivity index (χ4v) is 7.01. The van der Waals surface area contributed by atoms with Crippen molar-refractivity contribution in [3.8, 4) is 0 Å². The lowest BCUT2D eigenvalue weighted by Crippen LogP contribution is -2.61. The molecule has 2 saturated carbocycles. The molecule has 4 aliphatic rings. The van der Waals surface area contributed by atoms with Gasteiger partial charge in [-0.25, -0.2) is 4.79 Å². The Hall–Kier alpha value is -1.37. The van der Waals surface area contributed by atoms with Gasteiger partial charge in [0.05, 0.1) is 24.9 Å². The van der Waals surface area contributed by atoms with E-state index in [0.29, 0.717) is 12.8 Å². The van der Waals surface area contributed by atoms with Crippen molar-refractivity contribution in [1.29, 1.82) is 0 Å². The van der Waals surface area contributed by atoms with Crippen molar-refractivity contribution in [1.82, 2.24) is 0 Å². The maximum Gasteiger partial charge on any atom is 0.336 e. The molecule has 6 N–H and O–H groups in total. The SMILES string of the molecule is C=C1CC[C@@H]2[C@](C)(CO[C@@H]3O[C@H](CO)[C@@H](O)[C@H](O)[C@H]3O)[C@H](O)CC[C@@]2(C)[C@@H]1C/C=C1\C(=O)OC[C@H]1O. The number of carbonyl (C=O) groups excluding carboxylic acids is 1. The van der Waals surface area contributed by atoms with E-state index in [9.17, 15) is 35.4 Å². The molecule has 0 bridgehead atoms. The summed E-state index contributed by atoms with van der Waals surface area (Å²) < 4.78 is 16.4. The van der Waals surface area contributed by atoms with Gasteiger partial charge in [-0.3, -0.25) is 0 Å². The van der Waals surface area contributed by atoms with E-state index in [1.807, 2.05) is 6.92 Å². The first kappa shape index (κ1) is 27.7. The Morgan fingerprint density at radius 1 is 1.11 bits per heavy atom. The molecular formula is C26H40O10. The molecule has 4 rings (SSSR count). The molecule has 0 aromatic carbocycles. The molecular weight excluding hydrogens is 472 g/mol. The average Bonchev–Trinajstić information content (AvgIpc) is 3.16. The summed E-state index contributed by atoms with van der Waals surface area (Å²) in [4.78, 5) is 12.0. The van der Waals surface area contributed by atoms with Crippen LogP contribution in [0.5, 0.6) is 0 Å². The average molecular weight is 513 g/mol. The smallest absolute Gasteiger partial charge is 0.336 e. The number of cyclic esters (lactones) is 1. The molecule has 10 nitrogen and oxygen atoms in total. The van der Waals surface area contributed by atoms with E-state index in [1.54, 1.807) is 6.08 Å². The van der Waals surface area contributed by atoms with E-state index < -0.39 is 60.9 Å². The van der Waals surface area contributed by atoms with E-state index in [4.69, 9.17) is 14.2 Å². The number of esters is 1. The highest BCUT2D eigenvalue weighted by Gasteiger charge is 2.58. The fourth-order valence-electron chi connectivity index (χ4n) is 7.01. The molecule has 0 radical (unpaired) electrons. The van der Waals surface area contributed by atoms with E-state index in [1.165, 1.54) is 0 Å². The zero-order valence-corrected chi connectivity index (χ0v) is 21.0. The predicted molar refractivity (Wildman–Crippen MR) is 126 cm³/mol. The van der Waals surface area contributed by atoms with Crippen LogP contribution in [0.15, 0.2) is 23.8 Å². The Bertz CT molecular complexity index is 873. The summed E-state index contributed by atoms with van der Waals surface area (Å²) in [7, 11) is 0. The molecule has 0 aromatic heterocycles. The minimum absolute atomic E-state index is 0.00740. The Kier molecular flexibility index (Phi) is 8.00. The van der Waals surface area contributed by atoms with Crippen LogP contribution in [-0.4, -0.2) is 99.3 Å². The fraction of sp³-hybridized carbons (Fsp3) is 0.808. The zero-order chi connectivity index (χ0) is 26.4. The second-order valence-corrected chi connectivity index (χ2v) is 11.4. The van der Waals surface area contributed by atoms with Gasteiger partial charge in [0, 0.05) is 5.41 Å². The highest BCUT2D eigenvalue weighted by atomic mass is 16.7. The van der Waals surface area contributed by atoms with E-state index in [-0.39, 0.29) is 36.0 Å². The van der Waals surface area contributed by atoms with Gasteiger partial charge in [-0.2, -0.15) is 0 Å². The van der Waals surface area contributed by atoms with E-state index >= 15 is 0 Å². The highest BCUT2D eigenvalue weighted by molar-refractivity contribution is 5.91. The molecule has 0 amide bonds. The van der Waals surface area contributed by atoms with E-state index in [2.05, 4.69) is 13.5 Å². The number of aliphatic hydroxyl groups is 6. The van der Waals surface area contributed by atoms with Crippen LogP contribution in [0.25, 0.3) is 0 Å². The number of aliphatic hydroxyl groups excluding tert-OH is 6. The molecule has 204 valence electrons. The molecule has 0 spiro atoms. The summed E-state index contributed by atoms with van der Waals surface area (Å²) in [5.41, 5.74) is 0.356. The summed E-state index contributed by atoms with van der Waals surface area (Å²) in [6.07, 6.45) is -3.42. The quantitative estimate of drug-likeness (QED) is 0.159. The van der Waals surface area contributed by atoms with Gasteiger partial charge in [-0.15, -0.1) is 0 Å². The minimum atomic E-state index is -1.54. The third kappa shape index (κ3) is 4.67. The Morgan fingerprint density at radius 3 is 2.47 bits per heavy atom. The van der Waals surface area contributed by atoms with Crippen LogP contribution < -0.4 is 0 Å². The lowest BCUT2D eigenvalue weighted by atomic mass is 9.46. The molecule has 2 saturated heterocycles. The molecule has 0 unspecified atom stereocenters. The molecule has 2 heterocycles. The monoisotopic (exact) mass is 512 g/mol. The van der Waals surface area contributed by atoms with Crippen molar-refractivity contribution >= 4 is 5.97 Å². The number of hydrogen-bond acceptors (Lipinski definition) is 10. The second kappa shape index (κ2) is 10.4. The van der Waals surface area contributed by atoms with Crippen LogP contribution >= 0.6 is 0 Å². The van der Waals surface area contributed by atoms with Gasteiger partial charge in [0.25, 0.3) is 0 Å². The molecule has 0 aromatic rings. The van der Waals surface area contributed by atoms with Crippen LogP contribution in [0.3, 0.4) is 0 Å². The summed E-state index contributed by atoms with van der Waals surface area (Å²) >= 11 is 0.